The van der Waals surface area contributed by atoms with Gasteiger partial charge in [-0.25, -0.2) is 4.39 Å². The Balaban J connectivity index is 1.54. The first kappa shape index (κ1) is 31.2. The number of pyridine rings is 1. The number of nitrogens with one attached hydrogen (secondary N) is 2. The molecule has 4 rings (SSSR count). The number of ether oxygens (including phenoxy) is 1. The second kappa shape index (κ2) is 14.9. The molecule has 1 aromatic heterocycles. The van der Waals surface area contributed by atoms with Crippen LogP contribution in [0.5, 0.6) is 11.5 Å². The van der Waals surface area contributed by atoms with E-state index >= 15 is 0 Å². The Hall–Kier alpha value is -4.73. The van der Waals surface area contributed by atoms with Gasteiger partial charge in [0, 0.05) is 49.0 Å². The van der Waals surface area contributed by atoms with Crippen molar-refractivity contribution in [1.82, 2.24) is 9.88 Å². The van der Waals surface area contributed by atoms with Crippen LogP contribution in [0.25, 0.3) is 10.9 Å². The van der Waals surface area contributed by atoms with Crippen molar-refractivity contribution in [3.8, 4) is 17.6 Å². The third-order valence-corrected chi connectivity index (χ3v) is 6.61. The van der Waals surface area contributed by atoms with Crippen LogP contribution in [0.3, 0.4) is 0 Å². The van der Waals surface area contributed by atoms with E-state index < -0.39 is 5.91 Å². The molecule has 0 bridgehead atoms. The summed E-state index contributed by atoms with van der Waals surface area (Å²) < 4.78 is 19.2. The quantitative estimate of drug-likeness (QED) is 0.108. The average Bonchev–Trinajstić information content (AvgIpc) is 2.98. The number of rotatable bonds is 13. The average molecular weight is 606 g/mol. The van der Waals surface area contributed by atoms with Gasteiger partial charge in [-0.05, 0) is 42.0 Å². The number of aromatic hydroxyl groups is 1. The van der Waals surface area contributed by atoms with Crippen molar-refractivity contribution < 1.29 is 29.2 Å². The SMILES string of the molecule is N#Cc1cnc2cc(O)c(NC(=O)/C=C/CN(CCO)CCO)cc2c1Nc1ccc(OCc2cccc(F)c2)c(Cl)c1. The third-order valence-electron chi connectivity index (χ3n) is 6.31. The molecule has 0 fully saturated rings. The van der Waals surface area contributed by atoms with Crippen LogP contribution in [0.15, 0.2) is 72.9 Å². The molecule has 0 saturated heterocycles. The maximum absolute atomic E-state index is 13.5. The first-order chi connectivity index (χ1) is 20.8. The summed E-state index contributed by atoms with van der Waals surface area (Å²) in [5, 5.41) is 45.1. The van der Waals surface area contributed by atoms with E-state index in [9.17, 15) is 19.6 Å². The number of fused-ring (bicyclic) bond motifs is 1. The number of nitrogens with zero attached hydrogens (tertiary/aromatic N) is 3. The summed E-state index contributed by atoms with van der Waals surface area (Å²) in [5.74, 6) is -0.711. The molecular formula is C31H29ClFN5O5. The van der Waals surface area contributed by atoms with E-state index in [-0.39, 0.29) is 47.7 Å². The van der Waals surface area contributed by atoms with E-state index in [0.29, 0.717) is 53.2 Å². The minimum absolute atomic E-state index is 0.0826. The molecule has 0 aliphatic rings. The number of halogens is 2. The van der Waals surface area contributed by atoms with Crippen molar-refractivity contribution in [3.63, 3.8) is 0 Å². The number of nitriles is 1. The van der Waals surface area contributed by atoms with Crippen molar-refractivity contribution in [2.24, 2.45) is 0 Å². The molecule has 43 heavy (non-hydrogen) atoms. The summed E-state index contributed by atoms with van der Waals surface area (Å²) in [5.41, 5.74) is 2.25. The first-order valence-electron chi connectivity index (χ1n) is 13.2. The van der Waals surface area contributed by atoms with Gasteiger partial charge >= 0.3 is 0 Å². The summed E-state index contributed by atoms with van der Waals surface area (Å²) in [4.78, 5) is 18.6. The predicted octanol–water partition coefficient (Wildman–Crippen LogP) is 4.71. The van der Waals surface area contributed by atoms with Gasteiger partial charge in [-0.3, -0.25) is 14.7 Å². The zero-order chi connectivity index (χ0) is 30.8. The second-order valence-electron chi connectivity index (χ2n) is 9.37. The number of carbonyl (C=O) groups is 1. The number of amides is 1. The smallest absolute Gasteiger partial charge is 0.248 e. The zero-order valence-electron chi connectivity index (χ0n) is 22.9. The van der Waals surface area contributed by atoms with Gasteiger partial charge in [0.25, 0.3) is 0 Å². The fourth-order valence-corrected chi connectivity index (χ4v) is 4.47. The number of hydrogen-bond acceptors (Lipinski definition) is 9. The predicted molar refractivity (Wildman–Crippen MR) is 162 cm³/mol. The standard InChI is InChI=1S/C31H29ClFN5O5/c32-25-14-23(6-7-29(25)43-19-20-3-1-4-22(33)13-20)36-31-21(17-34)18-35-26-16-28(41)27(15-24(26)31)37-30(42)5-2-8-38(9-11-39)10-12-40/h1-7,13-16,18,39-41H,8-12,19H2,(H,35,36)(H,37,42)/b5-2+. The number of phenols is 1. The Labute approximate surface area is 252 Å². The van der Waals surface area contributed by atoms with Gasteiger partial charge in [-0.1, -0.05) is 29.8 Å². The molecule has 0 aliphatic heterocycles. The molecule has 1 heterocycles. The van der Waals surface area contributed by atoms with Crippen molar-refractivity contribution in [2.45, 2.75) is 6.61 Å². The molecule has 12 heteroatoms. The lowest BCUT2D eigenvalue weighted by atomic mass is 10.1. The van der Waals surface area contributed by atoms with Crippen LogP contribution in [0.4, 0.5) is 21.5 Å². The number of carbonyl (C=O) groups excluding carboxylic acids is 1. The van der Waals surface area contributed by atoms with E-state index in [1.165, 1.54) is 36.5 Å². The monoisotopic (exact) mass is 605 g/mol. The Bertz CT molecular complexity index is 1670. The highest BCUT2D eigenvalue weighted by Gasteiger charge is 2.15. The highest BCUT2D eigenvalue weighted by Crippen LogP contribution is 2.37. The number of aromatic nitrogens is 1. The molecule has 1 amide bonds. The minimum Gasteiger partial charge on any atom is -0.506 e. The van der Waals surface area contributed by atoms with E-state index in [1.807, 2.05) is 0 Å². The van der Waals surface area contributed by atoms with E-state index in [4.69, 9.17) is 26.6 Å². The number of benzene rings is 3. The van der Waals surface area contributed by atoms with E-state index in [0.717, 1.165) is 0 Å². The van der Waals surface area contributed by atoms with Gasteiger partial charge in [0.1, 0.15) is 30.0 Å². The van der Waals surface area contributed by atoms with E-state index in [2.05, 4.69) is 21.7 Å². The third kappa shape index (κ3) is 8.41. The Morgan fingerprint density at radius 3 is 2.63 bits per heavy atom. The van der Waals surface area contributed by atoms with Gasteiger partial charge < -0.3 is 30.7 Å². The van der Waals surface area contributed by atoms with E-state index in [1.54, 1.807) is 41.3 Å². The minimum atomic E-state index is -0.512. The first-order valence-corrected chi connectivity index (χ1v) is 13.6. The van der Waals surface area contributed by atoms with Crippen LogP contribution >= 0.6 is 11.6 Å². The van der Waals surface area contributed by atoms with Crippen molar-refractivity contribution in [2.75, 3.05) is 43.5 Å². The highest BCUT2D eigenvalue weighted by molar-refractivity contribution is 6.32. The Morgan fingerprint density at radius 1 is 1.14 bits per heavy atom. The molecule has 0 unspecified atom stereocenters. The Kier molecular flexibility index (Phi) is 10.9. The van der Waals surface area contributed by atoms with Gasteiger partial charge in [0.2, 0.25) is 5.91 Å². The molecule has 0 aliphatic carbocycles. The second-order valence-corrected chi connectivity index (χ2v) is 9.78. The fourth-order valence-electron chi connectivity index (χ4n) is 4.24. The number of anilines is 3. The molecule has 0 spiro atoms. The summed E-state index contributed by atoms with van der Waals surface area (Å²) in [7, 11) is 0. The molecule has 222 valence electrons. The lowest BCUT2D eigenvalue weighted by Crippen LogP contribution is -2.30. The molecule has 0 atom stereocenters. The zero-order valence-corrected chi connectivity index (χ0v) is 23.7. The molecule has 0 radical (unpaired) electrons. The van der Waals surface area contributed by atoms with Crippen LogP contribution in [0, 0.1) is 17.1 Å². The van der Waals surface area contributed by atoms with Crippen LogP contribution in [0.2, 0.25) is 5.02 Å². The van der Waals surface area contributed by atoms with Crippen molar-refractivity contribution >= 4 is 45.5 Å². The van der Waals surface area contributed by atoms with Gasteiger partial charge in [-0.2, -0.15) is 5.26 Å². The maximum Gasteiger partial charge on any atom is 0.248 e. The summed E-state index contributed by atoms with van der Waals surface area (Å²) in [6.07, 6.45) is 4.23. The largest absolute Gasteiger partial charge is 0.506 e. The molecule has 5 N–H and O–H groups in total. The normalized spacial score (nSPS) is 11.2. The topological polar surface area (TPSA) is 151 Å². The van der Waals surface area contributed by atoms with Crippen molar-refractivity contribution in [1.29, 1.82) is 5.26 Å². The lowest BCUT2D eigenvalue weighted by molar-refractivity contribution is -0.111. The van der Waals surface area contributed by atoms with Crippen LogP contribution in [-0.2, 0) is 11.4 Å². The molecular weight excluding hydrogens is 577 g/mol. The number of aliphatic hydroxyl groups is 2. The number of hydrogen-bond donors (Lipinski definition) is 5. The molecule has 0 saturated carbocycles. The number of phenolic OH excluding ortho intramolecular Hbond substituents is 1. The Morgan fingerprint density at radius 2 is 1.93 bits per heavy atom. The van der Waals surface area contributed by atoms with Crippen molar-refractivity contribution in [3.05, 3.63) is 94.9 Å². The molecule has 4 aromatic rings. The summed E-state index contributed by atoms with van der Waals surface area (Å²) in [6.45, 7) is 0.977. The lowest BCUT2D eigenvalue weighted by Gasteiger charge is -2.17. The fraction of sp³-hybridized carbons (Fsp3) is 0.194. The van der Waals surface area contributed by atoms with Crippen LogP contribution in [-0.4, -0.2) is 64.0 Å². The summed E-state index contributed by atoms with van der Waals surface area (Å²) >= 11 is 6.45. The van der Waals surface area contributed by atoms with Gasteiger partial charge in [-0.15, -0.1) is 0 Å². The summed E-state index contributed by atoms with van der Waals surface area (Å²) in [6, 6.07) is 16.0. The maximum atomic E-state index is 13.5. The van der Waals surface area contributed by atoms with Crippen LogP contribution < -0.4 is 15.4 Å². The van der Waals surface area contributed by atoms with Gasteiger partial charge in [0.15, 0.2) is 0 Å². The van der Waals surface area contributed by atoms with Gasteiger partial charge in [0.05, 0.1) is 40.7 Å². The highest BCUT2D eigenvalue weighted by atomic mass is 35.5. The van der Waals surface area contributed by atoms with Crippen LogP contribution in [0.1, 0.15) is 11.1 Å². The number of aliphatic hydroxyl groups excluding tert-OH is 2. The molecule has 10 nitrogen and oxygen atoms in total. The molecule has 3 aromatic carbocycles.